The van der Waals surface area contributed by atoms with Gasteiger partial charge in [-0.3, -0.25) is 4.79 Å². The molecule has 18 heavy (non-hydrogen) atoms. The van der Waals surface area contributed by atoms with Crippen LogP contribution < -0.4 is 5.32 Å². The number of carboxylic acid groups (broad SMARTS) is 1. The third-order valence-electron chi connectivity index (χ3n) is 3.16. The van der Waals surface area contributed by atoms with Crippen molar-refractivity contribution in [1.82, 2.24) is 14.9 Å². The van der Waals surface area contributed by atoms with Gasteiger partial charge < -0.3 is 15.0 Å². The van der Waals surface area contributed by atoms with Crippen LogP contribution in [0.2, 0.25) is 0 Å². The zero-order chi connectivity index (χ0) is 13.8. The zero-order valence-electron chi connectivity index (χ0n) is 11.6. The van der Waals surface area contributed by atoms with Gasteiger partial charge in [0, 0.05) is 24.9 Å². The maximum absolute atomic E-state index is 11.3. The van der Waals surface area contributed by atoms with Gasteiger partial charge in [-0.25, -0.2) is 4.98 Å². The van der Waals surface area contributed by atoms with Crippen molar-refractivity contribution in [2.75, 3.05) is 6.54 Å². The number of aliphatic carboxylic acids is 1. The molecule has 1 aromatic heterocycles. The minimum Gasteiger partial charge on any atom is -0.480 e. The summed E-state index contributed by atoms with van der Waals surface area (Å²) in [6, 6.07) is 0. The number of aromatic nitrogens is 2. The van der Waals surface area contributed by atoms with Gasteiger partial charge in [0.1, 0.15) is 11.4 Å². The van der Waals surface area contributed by atoms with Gasteiger partial charge in [0.15, 0.2) is 0 Å². The maximum Gasteiger partial charge on any atom is 0.323 e. The van der Waals surface area contributed by atoms with Crippen molar-refractivity contribution in [3.05, 3.63) is 18.2 Å². The Hall–Kier alpha value is -1.36. The predicted molar refractivity (Wildman–Crippen MR) is 70.7 cm³/mol. The van der Waals surface area contributed by atoms with Crippen LogP contribution in [0.4, 0.5) is 0 Å². The van der Waals surface area contributed by atoms with Gasteiger partial charge in [-0.15, -0.1) is 0 Å². The van der Waals surface area contributed by atoms with Gasteiger partial charge in [-0.2, -0.15) is 0 Å². The molecule has 0 saturated heterocycles. The number of hydrogen-bond donors (Lipinski definition) is 2. The first-order valence-corrected chi connectivity index (χ1v) is 6.40. The van der Waals surface area contributed by atoms with E-state index in [1.165, 1.54) is 0 Å². The first-order valence-electron chi connectivity index (χ1n) is 6.40. The van der Waals surface area contributed by atoms with Gasteiger partial charge in [-0.05, 0) is 19.9 Å². The predicted octanol–water partition coefficient (Wildman–Crippen LogP) is 1.85. The number of rotatable bonds is 7. The highest BCUT2D eigenvalue weighted by Crippen LogP contribution is 2.16. The number of carboxylic acids is 1. The molecule has 5 nitrogen and oxygen atoms in total. The smallest absolute Gasteiger partial charge is 0.323 e. The Kier molecular flexibility index (Phi) is 4.90. The molecule has 0 aliphatic carbocycles. The van der Waals surface area contributed by atoms with E-state index < -0.39 is 11.5 Å². The molecule has 0 saturated carbocycles. The Balaban J connectivity index is 2.73. The van der Waals surface area contributed by atoms with Crippen LogP contribution in [0.1, 0.15) is 45.9 Å². The summed E-state index contributed by atoms with van der Waals surface area (Å²) in [4.78, 5) is 15.6. The number of likely N-dealkylation sites (N-methyl/N-ethyl adjacent to an activating group) is 1. The Labute approximate surface area is 108 Å². The second kappa shape index (κ2) is 6.00. The molecule has 0 aromatic carbocycles. The first-order chi connectivity index (χ1) is 8.40. The molecule has 1 rings (SSSR count). The molecule has 5 heteroatoms. The van der Waals surface area contributed by atoms with Gasteiger partial charge in [0.05, 0.1) is 0 Å². The molecule has 102 valence electrons. The molecule has 1 heterocycles. The van der Waals surface area contributed by atoms with E-state index >= 15 is 0 Å². The normalized spacial score (nSPS) is 14.7. The quantitative estimate of drug-likeness (QED) is 0.778. The first kappa shape index (κ1) is 14.7. The molecule has 0 fully saturated rings. The number of imidazole rings is 1. The molecule has 0 spiro atoms. The standard InChI is InChI=1S/C13H23N3O2/c1-5-15-13(4,12(17)18)6-8-16-9-7-14-11(16)10(2)3/h7,9-10,15H,5-6,8H2,1-4H3,(H,17,18). The van der Waals surface area contributed by atoms with E-state index in [2.05, 4.69) is 24.1 Å². The third-order valence-corrected chi connectivity index (χ3v) is 3.16. The van der Waals surface area contributed by atoms with Crippen LogP contribution >= 0.6 is 0 Å². The number of aryl methyl sites for hydroxylation is 1. The van der Waals surface area contributed by atoms with Crippen molar-refractivity contribution in [2.45, 2.75) is 52.1 Å². The van der Waals surface area contributed by atoms with E-state index in [0.717, 1.165) is 5.82 Å². The van der Waals surface area contributed by atoms with Crippen molar-refractivity contribution >= 4 is 5.97 Å². The molecule has 0 aliphatic heterocycles. The van der Waals surface area contributed by atoms with Crippen LogP contribution in [-0.4, -0.2) is 32.7 Å². The Bertz CT molecular complexity index is 401. The number of nitrogens with one attached hydrogen (secondary N) is 1. The van der Waals surface area contributed by atoms with E-state index in [1.54, 1.807) is 13.1 Å². The summed E-state index contributed by atoms with van der Waals surface area (Å²) in [5, 5.41) is 12.3. The summed E-state index contributed by atoms with van der Waals surface area (Å²) in [7, 11) is 0. The third kappa shape index (κ3) is 3.32. The van der Waals surface area contributed by atoms with Crippen LogP contribution in [-0.2, 0) is 11.3 Å². The van der Waals surface area contributed by atoms with Crippen LogP contribution in [0.15, 0.2) is 12.4 Å². The highest BCUT2D eigenvalue weighted by Gasteiger charge is 2.31. The molecule has 2 N–H and O–H groups in total. The molecule has 0 radical (unpaired) electrons. The molecule has 1 atom stereocenters. The van der Waals surface area contributed by atoms with Gasteiger partial charge in [0.2, 0.25) is 0 Å². The number of hydrogen-bond acceptors (Lipinski definition) is 3. The van der Waals surface area contributed by atoms with E-state index in [1.807, 2.05) is 17.7 Å². The van der Waals surface area contributed by atoms with Crippen molar-refractivity contribution in [1.29, 1.82) is 0 Å². The molecule has 0 aliphatic rings. The summed E-state index contributed by atoms with van der Waals surface area (Å²) >= 11 is 0. The Morgan fingerprint density at radius 1 is 1.61 bits per heavy atom. The van der Waals surface area contributed by atoms with E-state index in [4.69, 9.17) is 0 Å². The minimum atomic E-state index is -0.882. The lowest BCUT2D eigenvalue weighted by molar-refractivity contribution is -0.144. The van der Waals surface area contributed by atoms with Crippen LogP contribution in [0, 0.1) is 0 Å². The van der Waals surface area contributed by atoms with Crippen molar-refractivity contribution in [3.63, 3.8) is 0 Å². The van der Waals surface area contributed by atoms with Crippen molar-refractivity contribution in [2.24, 2.45) is 0 Å². The summed E-state index contributed by atoms with van der Waals surface area (Å²) in [5.41, 5.74) is -0.882. The number of nitrogens with zero attached hydrogens (tertiary/aromatic N) is 2. The highest BCUT2D eigenvalue weighted by molar-refractivity contribution is 5.78. The minimum absolute atomic E-state index is 0.343. The second-order valence-electron chi connectivity index (χ2n) is 5.05. The topological polar surface area (TPSA) is 67.2 Å². The lowest BCUT2D eigenvalue weighted by atomic mass is 9.98. The fraction of sp³-hybridized carbons (Fsp3) is 0.692. The second-order valence-corrected chi connectivity index (χ2v) is 5.05. The summed E-state index contributed by atoms with van der Waals surface area (Å²) in [6.45, 7) is 9.11. The van der Waals surface area contributed by atoms with Gasteiger partial charge in [-0.1, -0.05) is 20.8 Å². The molecule has 1 aromatic rings. The summed E-state index contributed by atoms with van der Waals surface area (Å²) in [6.07, 6.45) is 4.20. The van der Waals surface area contributed by atoms with Crippen LogP contribution in [0.5, 0.6) is 0 Å². The average Bonchev–Trinajstić information content (AvgIpc) is 2.74. The molecule has 0 amide bonds. The fourth-order valence-electron chi connectivity index (χ4n) is 2.02. The Morgan fingerprint density at radius 2 is 2.28 bits per heavy atom. The van der Waals surface area contributed by atoms with Gasteiger partial charge >= 0.3 is 5.97 Å². The van der Waals surface area contributed by atoms with Gasteiger partial charge in [0.25, 0.3) is 0 Å². The molecular weight excluding hydrogens is 230 g/mol. The van der Waals surface area contributed by atoms with E-state index in [-0.39, 0.29) is 0 Å². The molecule has 1 unspecified atom stereocenters. The van der Waals surface area contributed by atoms with Crippen molar-refractivity contribution < 1.29 is 9.90 Å². The molecular formula is C13H23N3O2. The fourth-order valence-corrected chi connectivity index (χ4v) is 2.02. The Morgan fingerprint density at radius 3 is 2.78 bits per heavy atom. The van der Waals surface area contributed by atoms with Crippen molar-refractivity contribution in [3.8, 4) is 0 Å². The lowest BCUT2D eigenvalue weighted by Gasteiger charge is -2.26. The monoisotopic (exact) mass is 253 g/mol. The lowest BCUT2D eigenvalue weighted by Crippen LogP contribution is -2.50. The largest absolute Gasteiger partial charge is 0.480 e. The number of carbonyl (C=O) groups is 1. The SMILES string of the molecule is CCNC(C)(CCn1ccnc1C(C)C)C(=O)O. The molecule has 0 bridgehead atoms. The summed E-state index contributed by atoms with van der Waals surface area (Å²) in [5.74, 6) is 0.532. The zero-order valence-corrected chi connectivity index (χ0v) is 11.6. The average molecular weight is 253 g/mol. The van der Waals surface area contributed by atoms with Crippen LogP contribution in [0.25, 0.3) is 0 Å². The van der Waals surface area contributed by atoms with E-state index in [0.29, 0.717) is 25.4 Å². The maximum atomic E-state index is 11.3. The van der Waals surface area contributed by atoms with E-state index in [9.17, 15) is 9.90 Å². The highest BCUT2D eigenvalue weighted by atomic mass is 16.4. The van der Waals surface area contributed by atoms with Crippen LogP contribution in [0.3, 0.4) is 0 Å². The summed E-state index contributed by atoms with van der Waals surface area (Å²) < 4.78 is 2.03.